The summed E-state index contributed by atoms with van der Waals surface area (Å²) in [7, 11) is 0. The Morgan fingerprint density at radius 3 is 2.95 bits per heavy atom. The molecule has 0 unspecified atom stereocenters. The number of hydrogen-bond acceptors (Lipinski definition) is 5. The smallest absolute Gasteiger partial charge is 0.338 e. The van der Waals surface area contributed by atoms with E-state index in [1.165, 1.54) is 30.2 Å². The molecule has 2 aromatic rings. The Morgan fingerprint density at radius 2 is 2.30 bits per heavy atom. The van der Waals surface area contributed by atoms with Crippen LogP contribution in [0.25, 0.3) is 0 Å². The average molecular weight is 294 g/mol. The molecule has 2 heterocycles. The van der Waals surface area contributed by atoms with E-state index in [1.54, 1.807) is 0 Å². The van der Waals surface area contributed by atoms with Crippen LogP contribution in [0, 0.1) is 0 Å². The Hall–Kier alpha value is -2.02. The molecule has 0 aliphatic heterocycles. The van der Waals surface area contributed by atoms with Crippen LogP contribution >= 0.6 is 11.8 Å². The maximum atomic E-state index is 11.5. The highest BCUT2D eigenvalue weighted by atomic mass is 32.2. The lowest BCUT2D eigenvalue weighted by atomic mass is 10.2. The van der Waals surface area contributed by atoms with Gasteiger partial charge in [0.25, 0.3) is 5.56 Å². The molecule has 0 radical (unpaired) electrons. The summed E-state index contributed by atoms with van der Waals surface area (Å²) in [5.41, 5.74) is 0.683. The molecule has 0 aromatic carbocycles. The van der Waals surface area contributed by atoms with E-state index in [4.69, 9.17) is 9.52 Å². The maximum Gasteiger partial charge on any atom is 0.338 e. The first kappa shape index (κ1) is 14.4. The zero-order valence-electron chi connectivity index (χ0n) is 10.9. The van der Waals surface area contributed by atoms with Crippen LogP contribution in [-0.4, -0.2) is 21.0 Å². The van der Waals surface area contributed by atoms with E-state index in [-0.39, 0.29) is 11.1 Å². The molecular weight excluding hydrogens is 280 g/mol. The van der Waals surface area contributed by atoms with Gasteiger partial charge in [-0.15, -0.1) is 0 Å². The largest absolute Gasteiger partial charge is 0.478 e. The minimum atomic E-state index is -1.03. The number of aromatic carboxylic acids is 1. The maximum absolute atomic E-state index is 11.5. The molecule has 7 heteroatoms. The molecule has 20 heavy (non-hydrogen) atoms. The van der Waals surface area contributed by atoms with Crippen molar-refractivity contribution >= 4 is 17.7 Å². The minimum Gasteiger partial charge on any atom is -0.478 e. The Kier molecular flexibility index (Phi) is 4.62. The average Bonchev–Trinajstić information content (AvgIpc) is 2.85. The Bertz CT molecular complexity index is 662. The van der Waals surface area contributed by atoms with Gasteiger partial charge in [0.2, 0.25) is 0 Å². The molecule has 0 atom stereocenters. The van der Waals surface area contributed by atoms with Crippen molar-refractivity contribution in [3.05, 3.63) is 45.8 Å². The Morgan fingerprint density at radius 1 is 1.50 bits per heavy atom. The molecule has 106 valence electrons. The monoisotopic (exact) mass is 294 g/mol. The lowest BCUT2D eigenvalue weighted by Gasteiger charge is -2.01. The summed E-state index contributed by atoms with van der Waals surface area (Å²) in [4.78, 5) is 29.2. The molecule has 0 amide bonds. The van der Waals surface area contributed by atoms with E-state index in [9.17, 15) is 9.59 Å². The molecular formula is C13H14N2O4S. The molecule has 2 N–H and O–H groups in total. The third-order valence-corrected chi connectivity index (χ3v) is 3.43. The van der Waals surface area contributed by atoms with Crippen molar-refractivity contribution in [2.45, 2.75) is 30.7 Å². The van der Waals surface area contributed by atoms with E-state index in [0.29, 0.717) is 16.7 Å². The quantitative estimate of drug-likeness (QED) is 0.627. The molecule has 2 aromatic heterocycles. The van der Waals surface area contributed by atoms with Gasteiger partial charge in [0, 0.05) is 11.8 Å². The number of aryl methyl sites for hydroxylation is 1. The third-order valence-electron chi connectivity index (χ3n) is 2.53. The van der Waals surface area contributed by atoms with Gasteiger partial charge in [0.15, 0.2) is 5.16 Å². The number of aromatic amines is 1. The van der Waals surface area contributed by atoms with E-state index < -0.39 is 5.97 Å². The summed E-state index contributed by atoms with van der Waals surface area (Å²) in [5.74, 6) is -0.0939. The molecule has 6 nitrogen and oxygen atoms in total. The number of nitrogens with zero attached hydrogens (tertiary/aromatic N) is 1. The molecule has 0 aliphatic rings. The fourth-order valence-electron chi connectivity index (χ4n) is 1.64. The highest BCUT2D eigenvalue weighted by Crippen LogP contribution is 2.20. The summed E-state index contributed by atoms with van der Waals surface area (Å²) >= 11 is 1.30. The molecule has 0 saturated carbocycles. The third kappa shape index (κ3) is 3.74. The summed E-state index contributed by atoms with van der Waals surface area (Å²) in [5, 5.41) is 9.30. The molecule has 0 aliphatic carbocycles. The molecule has 0 fully saturated rings. The van der Waals surface area contributed by atoms with Crippen LogP contribution in [0.3, 0.4) is 0 Å². The molecule has 0 bridgehead atoms. The van der Waals surface area contributed by atoms with Crippen LogP contribution in [0.2, 0.25) is 0 Å². The number of hydrogen-bond donors (Lipinski definition) is 2. The number of thioether (sulfide) groups is 1. The fourth-order valence-corrected chi connectivity index (χ4v) is 2.43. The highest BCUT2D eigenvalue weighted by molar-refractivity contribution is 7.98. The first-order chi connectivity index (χ1) is 9.58. The number of furan rings is 1. The lowest BCUT2D eigenvalue weighted by molar-refractivity contribution is 0.0696. The van der Waals surface area contributed by atoms with Gasteiger partial charge in [-0.25, -0.2) is 9.78 Å². The van der Waals surface area contributed by atoms with Gasteiger partial charge in [-0.2, -0.15) is 0 Å². The number of nitrogens with one attached hydrogen (secondary N) is 1. The van der Waals surface area contributed by atoms with Gasteiger partial charge in [-0.05, 0) is 12.5 Å². The van der Waals surface area contributed by atoms with E-state index in [2.05, 4.69) is 9.97 Å². The van der Waals surface area contributed by atoms with Crippen molar-refractivity contribution in [1.29, 1.82) is 0 Å². The van der Waals surface area contributed by atoms with E-state index in [0.717, 1.165) is 18.5 Å². The van der Waals surface area contributed by atoms with Crippen molar-refractivity contribution in [1.82, 2.24) is 9.97 Å². The summed E-state index contributed by atoms with van der Waals surface area (Å²) in [6.45, 7) is 2.02. The molecule has 0 saturated heterocycles. The summed E-state index contributed by atoms with van der Waals surface area (Å²) in [6.07, 6.45) is 2.87. The summed E-state index contributed by atoms with van der Waals surface area (Å²) in [6, 6.07) is 2.95. The van der Waals surface area contributed by atoms with E-state index in [1.807, 2.05) is 6.92 Å². The zero-order valence-corrected chi connectivity index (χ0v) is 11.7. The van der Waals surface area contributed by atoms with Crippen molar-refractivity contribution in [3.63, 3.8) is 0 Å². The van der Waals surface area contributed by atoms with Gasteiger partial charge >= 0.3 is 5.97 Å². The first-order valence-electron chi connectivity index (χ1n) is 6.12. The van der Waals surface area contributed by atoms with Crippen LogP contribution in [0.4, 0.5) is 0 Å². The van der Waals surface area contributed by atoms with Gasteiger partial charge in [-0.1, -0.05) is 25.1 Å². The van der Waals surface area contributed by atoms with Crippen LogP contribution in [-0.2, 0) is 12.2 Å². The Labute approximate surface area is 119 Å². The van der Waals surface area contributed by atoms with Gasteiger partial charge in [0.1, 0.15) is 12.0 Å². The van der Waals surface area contributed by atoms with Crippen molar-refractivity contribution < 1.29 is 14.3 Å². The van der Waals surface area contributed by atoms with Crippen LogP contribution in [0.15, 0.2) is 32.8 Å². The number of carboxylic acids is 1. The van der Waals surface area contributed by atoms with Crippen molar-refractivity contribution in [2.75, 3.05) is 0 Å². The first-order valence-corrected chi connectivity index (χ1v) is 7.10. The normalized spacial score (nSPS) is 10.7. The van der Waals surface area contributed by atoms with Gasteiger partial charge in [0.05, 0.1) is 11.3 Å². The van der Waals surface area contributed by atoms with Crippen LogP contribution < -0.4 is 5.56 Å². The minimum absolute atomic E-state index is 0.113. The van der Waals surface area contributed by atoms with Crippen molar-refractivity contribution in [3.8, 4) is 0 Å². The lowest BCUT2D eigenvalue weighted by Crippen LogP contribution is -2.09. The van der Waals surface area contributed by atoms with Gasteiger partial charge < -0.3 is 14.5 Å². The molecule has 2 rings (SSSR count). The van der Waals surface area contributed by atoms with Crippen molar-refractivity contribution in [2.24, 2.45) is 0 Å². The SMILES string of the molecule is CCCc1cc(=O)[nH]c(SCc2cc(C(=O)O)co2)n1. The number of H-pyrrole nitrogens is 1. The highest BCUT2D eigenvalue weighted by Gasteiger charge is 2.09. The predicted molar refractivity (Wildman–Crippen MR) is 74.1 cm³/mol. The number of carboxylic acid groups (broad SMARTS) is 1. The number of rotatable bonds is 6. The van der Waals surface area contributed by atoms with Gasteiger partial charge in [-0.3, -0.25) is 4.79 Å². The zero-order chi connectivity index (χ0) is 14.5. The second kappa shape index (κ2) is 6.42. The number of carbonyl (C=O) groups is 1. The number of aromatic nitrogens is 2. The van der Waals surface area contributed by atoms with Crippen LogP contribution in [0.5, 0.6) is 0 Å². The fraction of sp³-hybridized carbons (Fsp3) is 0.308. The molecule has 0 spiro atoms. The second-order valence-corrected chi connectivity index (χ2v) is 5.15. The second-order valence-electron chi connectivity index (χ2n) is 4.19. The van der Waals surface area contributed by atoms with E-state index >= 15 is 0 Å². The van der Waals surface area contributed by atoms with Crippen LogP contribution in [0.1, 0.15) is 35.2 Å². The standard InChI is InChI=1S/C13H14N2O4S/c1-2-3-9-5-11(16)15-13(14-9)20-7-10-4-8(6-19-10)12(17)18/h4-6H,2-3,7H2,1H3,(H,17,18)(H,14,15,16). The topological polar surface area (TPSA) is 96.2 Å². The predicted octanol–water partition coefficient (Wildman–Crippen LogP) is 2.31. The Balaban J connectivity index is 2.06. The summed E-state index contributed by atoms with van der Waals surface area (Å²) < 4.78 is 5.13.